The predicted molar refractivity (Wildman–Crippen MR) is 103 cm³/mol. The molecule has 150 valence electrons. The summed E-state index contributed by atoms with van der Waals surface area (Å²) in [6.45, 7) is 0. The van der Waals surface area contributed by atoms with Crippen molar-refractivity contribution in [2.24, 2.45) is 17.3 Å². The number of nitro groups is 1. The van der Waals surface area contributed by atoms with Gasteiger partial charge >= 0.3 is 11.7 Å². The fourth-order valence-electron chi connectivity index (χ4n) is 6.46. The third-order valence-electron chi connectivity index (χ3n) is 7.12. The van der Waals surface area contributed by atoms with Crippen molar-refractivity contribution in [3.05, 3.63) is 58.4 Å². The van der Waals surface area contributed by atoms with E-state index >= 15 is 0 Å². The number of nitrogens with zero attached hydrogens (tertiary/aromatic N) is 2. The van der Waals surface area contributed by atoms with Crippen LogP contribution in [0, 0.1) is 27.4 Å². The van der Waals surface area contributed by atoms with E-state index in [0.29, 0.717) is 24.0 Å². The highest BCUT2D eigenvalue weighted by molar-refractivity contribution is 5.80. The second-order valence-electron chi connectivity index (χ2n) is 9.06. The van der Waals surface area contributed by atoms with Gasteiger partial charge in [-0.25, -0.2) is 0 Å². The molecule has 1 aromatic carbocycles. The van der Waals surface area contributed by atoms with Crippen LogP contribution in [0.4, 0.5) is 5.69 Å². The molecular formula is C22H22N2O5. The molecule has 2 aromatic rings. The molecule has 4 fully saturated rings. The van der Waals surface area contributed by atoms with Crippen molar-refractivity contribution < 1.29 is 19.6 Å². The highest BCUT2D eigenvalue weighted by Crippen LogP contribution is 2.66. The van der Waals surface area contributed by atoms with Gasteiger partial charge in [-0.2, -0.15) is 0 Å². The fourth-order valence-corrected chi connectivity index (χ4v) is 6.46. The van der Waals surface area contributed by atoms with Crippen molar-refractivity contribution in [1.82, 2.24) is 4.98 Å². The second kappa shape index (κ2) is 6.27. The van der Waals surface area contributed by atoms with E-state index in [9.17, 15) is 20.0 Å². The van der Waals surface area contributed by atoms with Gasteiger partial charge in [0.1, 0.15) is 5.75 Å². The number of ether oxygens (including phenoxy) is 1. The van der Waals surface area contributed by atoms with Gasteiger partial charge in [0.15, 0.2) is 5.75 Å². The maximum Gasteiger partial charge on any atom is 0.317 e. The number of carbonyl (C=O) groups is 1. The summed E-state index contributed by atoms with van der Waals surface area (Å²) in [4.78, 5) is 28.1. The van der Waals surface area contributed by atoms with E-state index in [0.717, 1.165) is 37.7 Å². The normalized spacial score (nSPS) is 32.1. The largest absolute Gasteiger partial charge is 0.502 e. The Morgan fingerprint density at radius 2 is 1.97 bits per heavy atom. The Morgan fingerprint density at radius 3 is 2.62 bits per heavy atom. The topological polar surface area (TPSA) is 103 Å². The van der Waals surface area contributed by atoms with Gasteiger partial charge in [0.05, 0.1) is 16.5 Å². The maximum absolute atomic E-state index is 13.3. The van der Waals surface area contributed by atoms with Crippen molar-refractivity contribution in [2.75, 3.05) is 0 Å². The summed E-state index contributed by atoms with van der Waals surface area (Å²) in [5.41, 5.74) is -0.261. The van der Waals surface area contributed by atoms with Gasteiger partial charge in [0.25, 0.3) is 0 Å². The SMILES string of the molecule is O=C(Oc1cccnc1)C12CC3CC(C1)CC(c1ccc(O)c([N+](=O)[O-])c1)(C3)C2. The van der Waals surface area contributed by atoms with Crippen LogP contribution in [0.5, 0.6) is 11.5 Å². The van der Waals surface area contributed by atoms with E-state index in [1.54, 1.807) is 24.4 Å². The lowest BCUT2D eigenvalue weighted by Crippen LogP contribution is -2.57. The van der Waals surface area contributed by atoms with Crippen LogP contribution in [0.15, 0.2) is 42.7 Å². The number of benzene rings is 1. The molecule has 4 aliphatic rings. The van der Waals surface area contributed by atoms with Crippen LogP contribution in [-0.2, 0) is 10.2 Å². The monoisotopic (exact) mass is 394 g/mol. The van der Waals surface area contributed by atoms with Gasteiger partial charge in [-0.1, -0.05) is 6.07 Å². The molecule has 6 rings (SSSR count). The average Bonchev–Trinajstić information content (AvgIpc) is 2.67. The van der Waals surface area contributed by atoms with Gasteiger partial charge in [0, 0.05) is 12.3 Å². The van der Waals surface area contributed by atoms with Crippen molar-refractivity contribution >= 4 is 11.7 Å². The summed E-state index contributed by atoms with van der Waals surface area (Å²) in [5, 5.41) is 21.2. The Bertz CT molecular complexity index is 976. The first-order valence-corrected chi connectivity index (χ1v) is 9.99. The number of hydrogen-bond donors (Lipinski definition) is 1. The zero-order valence-corrected chi connectivity index (χ0v) is 15.9. The highest BCUT2D eigenvalue weighted by atomic mass is 16.6. The number of hydrogen-bond acceptors (Lipinski definition) is 6. The van der Waals surface area contributed by atoms with Crippen LogP contribution in [-0.4, -0.2) is 21.0 Å². The number of aromatic hydroxyl groups is 1. The Balaban J connectivity index is 1.51. The first-order valence-electron chi connectivity index (χ1n) is 9.99. The summed E-state index contributed by atoms with van der Waals surface area (Å²) in [7, 11) is 0. The first-order chi connectivity index (χ1) is 13.9. The van der Waals surface area contributed by atoms with E-state index in [2.05, 4.69) is 4.98 Å². The Morgan fingerprint density at radius 1 is 1.21 bits per heavy atom. The van der Waals surface area contributed by atoms with E-state index < -0.39 is 10.3 Å². The lowest BCUT2D eigenvalue weighted by molar-refractivity contribution is -0.386. The summed E-state index contributed by atoms with van der Waals surface area (Å²) in [5.74, 6) is 0.727. The molecule has 7 nitrogen and oxygen atoms in total. The highest BCUT2D eigenvalue weighted by Gasteiger charge is 2.62. The molecule has 0 radical (unpaired) electrons. The zero-order valence-electron chi connectivity index (χ0n) is 15.9. The lowest BCUT2D eigenvalue weighted by atomic mass is 9.43. The number of phenols is 1. The molecule has 29 heavy (non-hydrogen) atoms. The molecule has 1 heterocycles. The Kier molecular flexibility index (Phi) is 3.91. The fraction of sp³-hybridized carbons (Fsp3) is 0.455. The van der Waals surface area contributed by atoms with Gasteiger partial charge in [-0.3, -0.25) is 19.9 Å². The molecule has 4 saturated carbocycles. The summed E-state index contributed by atoms with van der Waals surface area (Å²) >= 11 is 0. The molecule has 0 aliphatic heterocycles. The van der Waals surface area contributed by atoms with Crippen molar-refractivity contribution in [2.45, 2.75) is 43.9 Å². The van der Waals surface area contributed by atoms with Crippen LogP contribution in [0.25, 0.3) is 0 Å². The number of carbonyl (C=O) groups excluding carboxylic acids is 1. The zero-order chi connectivity index (χ0) is 20.2. The lowest BCUT2D eigenvalue weighted by Gasteiger charge is -2.61. The molecule has 4 aliphatic carbocycles. The second-order valence-corrected chi connectivity index (χ2v) is 9.06. The van der Waals surface area contributed by atoms with E-state index in [1.807, 2.05) is 0 Å². The first kappa shape index (κ1) is 18.1. The minimum Gasteiger partial charge on any atom is -0.502 e. The number of rotatable bonds is 4. The van der Waals surface area contributed by atoms with Crippen LogP contribution < -0.4 is 4.74 Å². The predicted octanol–water partition coefficient (Wildman–Crippen LogP) is 4.14. The molecule has 2 atom stereocenters. The summed E-state index contributed by atoms with van der Waals surface area (Å²) in [6.07, 6.45) is 8.37. The van der Waals surface area contributed by atoms with E-state index in [4.69, 9.17) is 4.74 Å². The molecule has 0 amide bonds. The van der Waals surface area contributed by atoms with Gasteiger partial charge in [-0.15, -0.1) is 0 Å². The molecule has 1 aromatic heterocycles. The van der Waals surface area contributed by atoms with Crippen LogP contribution in [0.1, 0.15) is 44.1 Å². The van der Waals surface area contributed by atoms with Crippen LogP contribution >= 0.6 is 0 Å². The third kappa shape index (κ3) is 2.87. The smallest absolute Gasteiger partial charge is 0.317 e. The molecule has 0 spiro atoms. The standard InChI is InChI=1S/C22H22N2O5/c25-19-4-3-16(7-18(19)24(27)28)21-8-14-6-15(9-21)11-22(10-14,13-21)20(26)29-17-2-1-5-23-12-17/h1-5,7,12,14-15,25H,6,8-11,13H2. The van der Waals surface area contributed by atoms with Crippen LogP contribution in [0.3, 0.4) is 0 Å². The summed E-state index contributed by atoms with van der Waals surface area (Å²) in [6, 6.07) is 8.16. The Labute approximate surface area is 167 Å². The third-order valence-corrected chi connectivity index (χ3v) is 7.12. The number of aromatic nitrogens is 1. The minimum absolute atomic E-state index is 0.211. The van der Waals surface area contributed by atoms with E-state index in [-0.39, 0.29) is 22.8 Å². The maximum atomic E-state index is 13.3. The molecule has 7 heteroatoms. The Hall–Kier alpha value is -2.96. The van der Waals surface area contributed by atoms with Crippen molar-refractivity contribution in [1.29, 1.82) is 0 Å². The molecular weight excluding hydrogens is 372 g/mol. The van der Waals surface area contributed by atoms with Crippen molar-refractivity contribution in [3.8, 4) is 11.5 Å². The number of esters is 1. The molecule has 2 unspecified atom stereocenters. The average molecular weight is 394 g/mol. The van der Waals surface area contributed by atoms with Crippen molar-refractivity contribution in [3.63, 3.8) is 0 Å². The number of pyridine rings is 1. The molecule has 4 bridgehead atoms. The quantitative estimate of drug-likeness (QED) is 0.475. The van der Waals surface area contributed by atoms with Crippen LogP contribution in [0.2, 0.25) is 0 Å². The number of phenolic OH excluding ortho intramolecular Hbond substituents is 1. The number of nitro benzene ring substituents is 1. The molecule has 1 N–H and O–H groups in total. The minimum atomic E-state index is -0.563. The van der Waals surface area contributed by atoms with Gasteiger partial charge in [-0.05, 0) is 79.5 Å². The van der Waals surface area contributed by atoms with Gasteiger partial charge in [0.2, 0.25) is 0 Å². The summed E-state index contributed by atoms with van der Waals surface area (Å²) < 4.78 is 5.71. The van der Waals surface area contributed by atoms with E-state index in [1.165, 1.54) is 18.3 Å². The molecule has 0 saturated heterocycles. The van der Waals surface area contributed by atoms with Gasteiger partial charge < -0.3 is 9.84 Å².